The van der Waals surface area contributed by atoms with E-state index in [1.165, 1.54) is 6.20 Å². The second kappa shape index (κ2) is 4.59. The van der Waals surface area contributed by atoms with Gasteiger partial charge in [-0.05, 0) is 25.5 Å². The summed E-state index contributed by atoms with van der Waals surface area (Å²) in [6.07, 6.45) is 2.37. The van der Waals surface area contributed by atoms with Gasteiger partial charge in [0.15, 0.2) is 5.57 Å². The van der Waals surface area contributed by atoms with Crippen molar-refractivity contribution in [3.63, 3.8) is 0 Å². The van der Waals surface area contributed by atoms with E-state index in [-0.39, 0.29) is 10.1 Å². The summed E-state index contributed by atoms with van der Waals surface area (Å²) in [5.41, 5.74) is 1.04. The maximum atomic E-state index is 12.2. The number of Topliss-reactive ketones (excluding diaryl/α,β-unsaturated/α-hetero) is 1. The molecule has 100 valence electrons. The van der Waals surface area contributed by atoms with Crippen molar-refractivity contribution in [2.45, 2.75) is 20.3 Å². The molecule has 0 saturated heterocycles. The Morgan fingerprint density at radius 2 is 2.11 bits per heavy atom. The second-order valence-electron chi connectivity index (χ2n) is 4.99. The first-order valence-electron chi connectivity index (χ1n) is 6.23. The first-order chi connectivity index (χ1) is 8.89. The topological polar surface area (TPSA) is 67.3 Å². The lowest BCUT2D eigenvalue weighted by atomic mass is 9.99. The monoisotopic (exact) mass is 261 g/mol. The van der Waals surface area contributed by atoms with Crippen LogP contribution >= 0.6 is 0 Å². The number of quaternary nitrogens is 1. The highest BCUT2D eigenvalue weighted by Crippen LogP contribution is 2.32. The second-order valence-corrected chi connectivity index (χ2v) is 4.99. The van der Waals surface area contributed by atoms with Crippen molar-refractivity contribution < 1.29 is 14.7 Å². The Morgan fingerprint density at radius 3 is 2.68 bits per heavy atom. The molecule has 0 saturated carbocycles. The van der Waals surface area contributed by atoms with Crippen LogP contribution in [0.5, 0.6) is 0 Å². The number of hydrogen-bond donors (Lipinski definition) is 1. The van der Waals surface area contributed by atoms with Crippen LogP contribution < -0.4 is 4.48 Å². The third kappa shape index (κ3) is 2.17. The number of carbonyl (C=O) groups excluding carboxylic acids is 1. The van der Waals surface area contributed by atoms with Crippen molar-refractivity contribution >= 4 is 17.6 Å². The molecular weight excluding hydrogens is 244 g/mol. The standard InChI is InChI=1S/C14H16N2O3/c1-4-7-16(3)8-11(14(18)19)12(17)10-6-5-9(2)15-13(10)16/h5-6,8H,4,7H2,1-3H3/p+1. The normalized spacial score (nSPS) is 21.8. The van der Waals surface area contributed by atoms with Gasteiger partial charge < -0.3 is 5.11 Å². The number of nitrogens with zero attached hydrogens (tertiary/aromatic N) is 2. The van der Waals surface area contributed by atoms with E-state index in [1.54, 1.807) is 12.1 Å². The lowest BCUT2D eigenvalue weighted by molar-refractivity contribution is -0.132. The molecule has 2 heterocycles. The lowest BCUT2D eigenvalue weighted by Crippen LogP contribution is -2.46. The Kier molecular flexibility index (Phi) is 3.24. The minimum Gasteiger partial charge on any atom is -0.477 e. The van der Waals surface area contributed by atoms with Crippen LogP contribution in [0, 0.1) is 6.92 Å². The third-order valence-electron chi connectivity index (χ3n) is 3.32. The van der Waals surface area contributed by atoms with E-state index in [2.05, 4.69) is 4.98 Å². The number of carbonyl (C=O) groups is 2. The number of carboxylic acid groups (broad SMARTS) is 1. The van der Waals surface area contributed by atoms with E-state index in [4.69, 9.17) is 5.11 Å². The van der Waals surface area contributed by atoms with E-state index in [9.17, 15) is 9.59 Å². The number of hydrogen-bond acceptors (Lipinski definition) is 3. The molecule has 0 aliphatic carbocycles. The molecular formula is C14H17N2O3+. The predicted octanol–water partition coefficient (Wildman–Crippen LogP) is 1.90. The minimum absolute atomic E-state index is 0.172. The molecule has 0 fully saturated rings. The van der Waals surface area contributed by atoms with E-state index in [1.807, 2.05) is 20.9 Å². The summed E-state index contributed by atoms with van der Waals surface area (Å²) in [5, 5.41) is 9.17. The van der Waals surface area contributed by atoms with Gasteiger partial charge in [0.1, 0.15) is 11.8 Å². The van der Waals surface area contributed by atoms with Crippen molar-refractivity contribution in [3.8, 4) is 0 Å². The number of aryl methyl sites for hydroxylation is 1. The summed E-state index contributed by atoms with van der Waals surface area (Å²) in [4.78, 5) is 27.8. The fourth-order valence-electron chi connectivity index (χ4n) is 2.45. The quantitative estimate of drug-likeness (QED) is 0.666. The van der Waals surface area contributed by atoms with E-state index < -0.39 is 11.8 Å². The fraction of sp³-hybridized carbons (Fsp3) is 0.357. The zero-order chi connectivity index (χ0) is 14.2. The molecule has 1 atom stereocenters. The molecule has 1 aromatic rings. The van der Waals surface area contributed by atoms with Crippen LogP contribution in [0.2, 0.25) is 0 Å². The van der Waals surface area contributed by atoms with Gasteiger partial charge in [-0.3, -0.25) is 4.79 Å². The van der Waals surface area contributed by atoms with Crippen LogP contribution in [0.25, 0.3) is 0 Å². The van der Waals surface area contributed by atoms with Gasteiger partial charge in [-0.1, -0.05) is 6.92 Å². The first kappa shape index (κ1) is 13.4. The first-order valence-corrected chi connectivity index (χ1v) is 6.23. The van der Waals surface area contributed by atoms with E-state index in [0.717, 1.165) is 12.1 Å². The highest BCUT2D eigenvalue weighted by molar-refractivity contribution is 6.26. The van der Waals surface area contributed by atoms with Crippen LogP contribution in [0.15, 0.2) is 23.9 Å². The Morgan fingerprint density at radius 1 is 1.42 bits per heavy atom. The Labute approximate surface area is 111 Å². The molecule has 1 N–H and O–H groups in total. The molecule has 5 heteroatoms. The molecule has 1 aliphatic heterocycles. The Bertz CT molecular complexity index is 592. The number of ketones is 1. The molecule has 1 aliphatic rings. The number of pyridine rings is 1. The minimum atomic E-state index is -1.18. The van der Waals surface area contributed by atoms with Crippen LogP contribution in [0.4, 0.5) is 5.82 Å². The summed E-state index contributed by atoms with van der Waals surface area (Å²) < 4.78 is 0.251. The fourth-order valence-corrected chi connectivity index (χ4v) is 2.45. The third-order valence-corrected chi connectivity index (χ3v) is 3.32. The largest absolute Gasteiger partial charge is 0.477 e. The molecule has 1 unspecified atom stereocenters. The number of carboxylic acids is 1. The van der Waals surface area contributed by atoms with Crippen molar-refractivity contribution in [2.24, 2.45) is 0 Å². The maximum absolute atomic E-state index is 12.2. The summed E-state index contributed by atoms with van der Waals surface area (Å²) >= 11 is 0. The molecule has 19 heavy (non-hydrogen) atoms. The van der Waals surface area contributed by atoms with Gasteiger partial charge in [-0.2, -0.15) is 0 Å². The molecule has 1 aromatic heterocycles. The van der Waals surface area contributed by atoms with Gasteiger partial charge in [-0.15, -0.1) is 0 Å². The average molecular weight is 261 g/mol. The lowest BCUT2D eigenvalue weighted by Gasteiger charge is -2.32. The van der Waals surface area contributed by atoms with Gasteiger partial charge >= 0.3 is 5.97 Å². The van der Waals surface area contributed by atoms with Crippen LogP contribution in [-0.2, 0) is 4.79 Å². The van der Waals surface area contributed by atoms with Gasteiger partial charge in [-0.25, -0.2) is 14.3 Å². The van der Waals surface area contributed by atoms with Crippen molar-refractivity contribution in [1.82, 2.24) is 9.47 Å². The highest BCUT2D eigenvalue weighted by atomic mass is 16.4. The van der Waals surface area contributed by atoms with Gasteiger partial charge in [0.2, 0.25) is 11.6 Å². The molecule has 0 radical (unpaired) electrons. The smallest absolute Gasteiger partial charge is 0.345 e. The molecule has 0 bridgehead atoms. The maximum Gasteiger partial charge on any atom is 0.345 e. The summed E-state index contributed by atoms with van der Waals surface area (Å²) in [6, 6.07) is 3.40. The summed E-state index contributed by atoms with van der Waals surface area (Å²) in [7, 11) is 1.88. The summed E-state index contributed by atoms with van der Waals surface area (Å²) in [6.45, 7) is 4.58. The number of aliphatic carboxylic acids is 1. The van der Waals surface area contributed by atoms with Crippen molar-refractivity contribution in [3.05, 3.63) is 35.2 Å². The van der Waals surface area contributed by atoms with E-state index in [0.29, 0.717) is 17.9 Å². The molecule has 0 aromatic carbocycles. The molecule has 5 nitrogen and oxygen atoms in total. The molecule has 2 rings (SSSR count). The summed E-state index contributed by atoms with van der Waals surface area (Å²) in [5.74, 6) is -1.00. The average Bonchev–Trinajstić information content (AvgIpc) is 2.34. The molecule has 0 spiro atoms. The predicted molar refractivity (Wildman–Crippen MR) is 71.9 cm³/mol. The zero-order valence-corrected chi connectivity index (χ0v) is 11.3. The number of fused-ring (bicyclic) bond motifs is 1. The van der Waals surface area contributed by atoms with Crippen molar-refractivity contribution in [2.75, 3.05) is 13.6 Å². The highest BCUT2D eigenvalue weighted by Gasteiger charge is 2.39. The Balaban J connectivity index is 2.68. The number of rotatable bonds is 3. The zero-order valence-electron chi connectivity index (χ0n) is 11.3. The van der Waals surface area contributed by atoms with Crippen LogP contribution in [-0.4, -0.2) is 35.4 Å². The van der Waals surface area contributed by atoms with Crippen LogP contribution in [0.1, 0.15) is 29.4 Å². The number of aromatic nitrogens is 1. The van der Waals surface area contributed by atoms with Crippen molar-refractivity contribution in [1.29, 1.82) is 0 Å². The van der Waals surface area contributed by atoms with Gasteiger partial charge in [0, 0.05) is 5.69 Å². The molecule has 0 amide bonds. The Hall–Kier alpha value is -2.01. The van der Waals surface area contributed by atoms with Crippen LogP contribution in [0.3, 0.4) is 0 Å². The van der Waals surface area contributed by atoms with Gasteiger partial charge in [0.05, 0.1) is 13.6 Å². The van der Waals surface area contributed by atoms with E-state index >= 15 is 0 Å². The SMILES string of the molecule is CCC[N+]1(C)C=C(C(=O)O)C(=O)c2ccc(C)nc21. The van der Waals surface area contributed by atoms with Gasteiger partial charge in [0.25, 0.3) is 0 Å².